The maximum atomic E-state index is 11.0. The number of rotatable bonds is 16. The topological polar surface area (TPSA) is 118 Å². The van der Waals surface area contributed by atoms with Crippen molar-refractivity contribution in [2.24, 2.45) is 0 Å². The van der Waals surface area contributed by atoms with Crippen LogP contribution in [-0.2, 0) is 0 Å². The Balaban J connectivity index is 1.50. The molecule has 0 saturated heterocycles. The summed E-state index contributed by atoms with van der Waals surface area (Å²) < 4.78 is 4.67. The first-order valence-corrected chi connectivity index (χ1v) is 11.1. The molecule has 0 amide bonds. The first-order valence-electron chi connectivity index (χ1n) is 11.1. The average Bonchev–Trinajstić information content (AvgIpc) is 3.23. The van der Waals surface area contributed by atoms with Crippen molar-refractivity contribution in [3.63, 3.8) is 0 Å². The molecule has 2 aromatic rings. The smallest absolute Gasteiger partial charge is 0.300 e. The number of likely N-dealkylation sites (N-methyl/N-ethyl adjacent to an activating group) is 1. The molecule has 172 valence electrons. The normalized spacial score (nSPS) is 12.8. The molecule has 0 saturated carbocycles. The molecule has 1 aromatic heterocycles. The molecule has 2 rings (SSSR count). The lowest BCUT2D eigenvalue weighted by Gasteiger charge is -2.20. The average molecular weight is 434 g/mol. The molecule has 31 heavy (non-hydrogen) atoms. The summed E-state index contributed by atoms with van der Waals surface area (Å²) in [5, 5.41) is 31.0. The number of unbranched alkanes of at least 4 members (excludes halogenated alkanes) is 7. The van der Waals surface area contributed by atoms with Crippen LogP contribution < -0.4 is 5.32 Å². The van der Waals surface area contributed by atoms with Crippen LogP contribution in [-0.4, -0.2) is 58.5 Å². The van der Waals surface area contributed by atoms with E-state index in [9.17, 15) is 15.2 Å². The lowest BCUT2D eigenvalue weighted by molar-refractivity contribution is -0.383. The number of nitrogens with zero attached hydrogens (tertiary/aromatic N) is 4. The Labute approximate surface area is 183 Å². The van der Waals surface area contributed by atoms with E-state index in [1.54, 1.807) is 6.07 Å². The van der Waals surface area contributed by atoms with Gasteiger partial charge in [0.2, 0.25) is 5.52 Å². The van der Waals surface area contributed by atoms with Crippen molar-refractivity contribution < 1.29 is 14.7 Å². The van der Waals surface area contributed by atoms with E-state index in [0.29, 0.717) is 11.2 Å². The number of aromatic nitrogens is 2. The van der Waals surface area contributed by atoms with Gasteiger partial charge < -0.3 is 15.3 Å². The number of hydrogen-bond donors (Lipinski definition) is 2. The molecule has 0 radical (unpaired) electrons. The van der Waals surface area contributed by atoms with Crippen LogP contribution in [0.15, 0.2) is 28.9 Å². The molecule has 0 aliphatic rings. The second kappa shape index (κ2) is 13.7. The Bertz CT molecular complexity index is 821. The van der Waals surface area contributed by atoms with E-state index in [0.717, 1.165) is 32.2 Å². The number of allylic oxidation sites excluding steroid dienone is 1. The van der Waals surface area contributed by atoms with Crippen molar-refractivity contribution in [3.8, 4) is 0 Å². The summed E-state index contributed by atoms with van der Waals surface area (Å²) in [5.41, 5.74) is 1.19. The summed E-state index contributed by atoms with van der Waals surface area (Å²) >= 11 is 0. The molecule has 1 unspecified atom stereocenters. The fraction of sp³-hybridized carbons (Fsp3) is 0.636. The van der Waals surface area contributed by atoms with Crippen LogP contribution in [0.2, 0.25) is 0 Å². The largest absolute Gasteiger partial charge is 0.395 e. The molecular weight excluding hydrogens is 398 g/mol. The van der Waals surface area contributed by atoms with Gasteiger partial charge in [0.05, 0.1) is 17.2 Å². The van der Waals surface area contributed by atoms with Gasteiger partial charge in [-0.3, -0.25) is 10.1 Å². The molecule has 9 nitrogen and oxygen atoms in total. The Kier molecular flexibility index (Phi) is 10.9. The molecule has 1 aromatic carbocycles. The van der Waals surface area contributed by atoms with Crippen molar-refractivity contribution in [2.75, 3.05) is 32.6 Å². The maximum absolute atomic E-state index is 11.0. The zero-order valence-electron chi connectivity index (χ0n) is 18.6. The number of aliphatic hydroxyl groups is 1. The van der Waals surface area contributed by atoms with Crippen LogP contribution >= 0.6 is 0 Å². The molecule has 1 atom stereocenters. The van der Waals surface area contributed by atoms with E-state index in [1.165, 1.54) is 38.2 Å². The summed E-state index contributed by atoms with van der Waals surface area (Å²) in [6, 6.07) is 3.30. The standard InChI is InChI=1S/C22H35N5O4/c1-26(2)18(17-28)13-11-9-7-5-3-4-6-8-10-12-16-23-19-14-15-20(27(29)30)22-21(19)24-31-25-22/h9,11,14-15,18,23,28H,3-8,10,12-13,16-17H2,1-2H3/b11-9+. The Morgan fingerprint density at radius 1 is 1.10 bits per heavy atom. The first-order chi connectivity index (χ1) is 15.0. The van der Waals surface area contributed by atoms with Crippen molar-refractivity contribution in [1.29, 1.82) is 0 Å². The van der Waals surface area contributed by atoms with Crippen molar-refractivity contribution in [3.05, 3.63) is 34.4 Å². The highest BCUT2D eigenvalue weighted by Gasteiger charge is 2.19. The highest BCUT2D eigenvalue weighted by atomic mass is 16.6. The second-order valence-electron chi connectivity index (χ2n) is 8.05. The number of nitro groups is 1. The number of aliphatic hydroxyl groups excluding tert-OH is 1. The number of benzene rings is 1. The predicted octanol–water partition coefficient (Wildman–Crippen LogP) is 4.53. The van der Waals surface area contributed by atoms with Gasteiger partial charge in [0.15, 0.2) is 5.52 Å². The summed E-state index contributed by atoms with van der Waals surface area (Å²) in [4.78, 5) is 12.6. The maximum Gasteiger partial charge on any atom is 0.300 e. The Morgan fingerprint density at radius 3 is 2.45 bits per heavy atom. The van der Waals surface area contributed by atoms with E-state index >= 15 is 0 Å². The summed E-state index contributed by atoms with van der Waals surface area (Å²) in [6.45, 7) is 0.981. The van der Waals surface area contributed by atoms with E-state index in [-0.39, 0.29) is 23.9 Å². The molecule has 1 heterocycles. The van der Waals surface area contributed by atoms with Gasteiger partial charge in [-0.15, -0.1) is 0 Å². The van der Waals surface area contributed by atoms with Gasteiger partial charge >= 0.3 is 5.69 Å². The molecular formula is C22H35N5O4. The van der Waals surface area contributed by atoms with Gasteiger partial charge in [-0.05, 0) is 56.2 Å². The van der Waals surface area contributed by atoms with Gasteiger partial charge in [-0.1, -0.05) is 44.3 Å². The van der Waals surface area contributed by atoms with E-state index in [4.69, 9.17) is 0 Å². The first kappa shape index (κ1) is 24.7. The number of nitrogens with one attached hydrogen (secondary N) is 1. The van der Waals surface area contributed by atoms with Gasteiger partial charge in [0.1, 0.15) is 0 Å². The Hall–Kier alpha value is -2.52. The number of anilines is 1. The monoisotopic (exact) mass is 433 g/mol. The number of non-ortho nitro benzene ring substituents is 1. The molecule has 2 N–H and O–H groups in total. The van der Waals surface area contributed by atoms with Gasteiger partial charge in [0.25, 0.3) is 0 Å². The molecule has 0 aliphatic carbocycles. The SMILES string of the molecule is CN(C)C(CO)C/C=C/CCCCCCCCCNc1ccc([N+](=O)[O-])c2nonc12. The Morgan fingerprint density at radius 2 is 1.77 bits per heavy atom. The van der Waals surface area contributed by atoms with E-state index in [2.05, 4.69) is 37.3 Å². The minimum atomic E-state index is -0.482. The van der Waals surface area contributed by atoms with E-state index in [1.807, 2.05) is 14.1 Å². The zero-order chi connectivity index (χ0) is 22.5. The van der Waals surface area contributed by atoms with Crippen molar-refractivity contribution >= 4 is 22.4 Å². The van der Waals surface area contributed by atoms with Crippen LogP contribution in [0, 0.1) is 10.1 Å². The molecule has 9 heteroatoms. The van der Waals surface area contributed by atoms with Crippen molar-refractivity contribution in [2.45, 2.75) is 63.8 Å². The van der Waals surface area contributed by atoms with Crippen LogP contribution in [0.25, 0.3) is 11.0 Å². The van der Waals surface area contributed by atoms with Crippen LogP contribution in [0.4, 0.5) is 11.4 Å². The minimum Gasteiger partial charge on any atom is -0.395 e. The molecule has 0 bridgehead atoms. The lowest BCUT2D eigenvalue weighted by Crippen LogP contribution is -2.30. The zero-order valence-corrected chi connectivity index (χ0v) is 18.6. The second-order valence-corrected chi connectivity index (χ2v) is 8.05. The summed E-state index contributed by atoms with van der Waals surface area (Å²) in [5.74, 6) is 0. The third kappa shape index (κ3) is 8.26. The van der Waals surface area contributed by atoms with Gasteiger partial charge in [-0.2, -0.15) is 0 Å². The quantitative estimate of drug-likeness (QED) is 0.172. The van der Waals surface area contributed by atoms with Crippen LogP contribution in [0.5, 0.6) is 0 Å². The molecule has 0 fully saturated rings. The van der Waals surface area contributed by atoms with Crippen LogP contribution in [0.1, 0.15) is 57.8 Å². The number of hydrogen-bond acceptors (Lipinski definition) is 8. The highest BCUT2D eigenvalue weighted by Crippen LogP contribution is 2.28. The fourth-order valence-corrected chi connectivity index (χ4v) is 3.46. The van der Waals surface area contributed by atoms with Crippen LogP contribution in [0.3, 0.4) is 0 Å². The molecule has 0 aliphatic heterocycles. The lowest BCUT2D eigenvalue weighted by atomic mass is 10.1. The number of nitro benzene ring substituents is 1. The molecule has 0 spiro atoms. The van der Waals surface area contributed by atoms with Gasteiger partial charge in [-0.25, -0.2) is 4.63 Å². The van der Waals surface area contributed by atoms with Gasteiger partial charge in [0, 0.05) is 18.7 Å². The highest BCUT2D eigenvalue weighted by molar-refractivity contribution is 5.93. The third-order valence-corrected chi connectivity index (χ3v) is 5.47. The summed E-state index contributed by atoms with van der Waals surface area (Å²) in [6.07, 6.45) is 14.8. The minimum absolute atomic E-state index is 0.0970. The van der Waals surface area contributed by atoms with Crippen molar-refractivity contribution in [1.82, 2.24) is 15.2 Å². The fourth-order valence-electron chi connectivity index (χ4n) is 3.46. The third-order valence-electron chi connectivity index (χ3n) is 5.47. The number of fused-ring (bicyclic) bond motifs is 1. The van der Waals surface area contributed by atoms with E-state index < -0.39 is 4.92 Å². The predicted molar refractivity (Wildman–Crippen MR) is 122 cm³/mol. The summed E-state index contributed by atoms with van der Waals surface area (Å²) in [7, 11) is 3.99.